The summed E-state index contributed by atoms with van der Waals surface area (Å²) in [6, 6.07) is 9.59. The van der Waals surface area contributed by atoms with Crippen LogP contribution < -0.4 is 5.32 Å². The number of hydrogen-bond donors (Lipinski definition) is 1. The summed E-state index contributed by atoms with van der Waals surface area (Å²) in [7, 11) is 0. The number of nitrogens with one attached hydrogen (secondary N) is 1. The number of rotatable bonds is 9. The number of carbonyl (C=O) groups is 2. The summed E-state index contributed by atoms with van der Waals surface area (Å²) in [5, 5.41) is 7.99. The van der Waals surface area contributed by atoms with Crippen molar-refractivity contribution in [2.45, 2.75) is 51.9 Å². The van der Waals surface area contributed by atoms with E-state index in [2.05, 4.69) is 15.4 Å². The van der Waals surface area contributed by atoms with Crippen LogP contribution in [0.1, 0.15) is 55.6 Å². The summed E-state index contributed by atoms with van der Waals surface area (Å²) >= 11 is 6.46. The minimum absolute atomic E-state index is 0.0268. The molecule has 1 N–H and O–H groups in total. The molecule has 5 rings (SSSR count). The van der Waals surface area contributed by atoms with Crippen LogP contribution in [0.5, 0.6) is 0 Å². The lowest BCUT2D eigenvalue weighted by molar-refractivity contribution is -0.120. The fourth-order valence-corrected chi connectivity index (χ4v) is 4.40. The van der Waals surface area contributed by atoms with Crippen LogP contribution in [0, 0.1) is 18.8 Å². The Balaban J connectivity index is 1.28. The minimum atomic E-state index is -0.244. The van der Waals surface area contributed by atoms with Gasteiger partial charge in [0.25, 0.3) is 5.91 Å². The second kappa shape index (κ2) is 10.2. The van der Waals surface area contributed by atoms with E-state index in [4.69, 9.17) is 16.3 Å². The number of aromatic nitrogens is 3. The molecule has 0 radical (unpaired) electrons. The number of hydrogen-bond acceptors (Lipinski definition) is 5. The van der Waals surface area contributed by atoms with Crippen LogP contribution in [0.4, 0.5) is 0 Å². The van der Waals surface area contributed by atoms with Crippen LogP contribution in [0.15, 0.2) is 64.5 Å². The third kappa shape index (κ3) is 5.90. The maximum atomic E-state index is 13.1. The van der Waals surface area contributed by atoms with Gasteiger partial charge in [0.15, 0.2) is 5.82 Å². The van der Waals surface area contributed by atoms with Gasteiger partial charge in [0.2, 0.25) is 5.91 Å². The standard InChI is InChI=1S/C27H29ClN4O3/c1-17-29-27(20-6-3-2-4-7-20)31-32(17)25(34)15-21(19-12-13-19)16-35-23-9-5-8-22(28)26(23)30-24(33)14-18-10-11-18/h2-4,6-7,9,15,18-19H,5,8,10-14,16H2,1H3,(H,30,33). The summed E-state index contributed by atoms with van der Waals surface area (Å²) in [4.78, 5) is 30.0. The highest BCUT2D eigenvalue weighted by Crippen LogP contribution is 2.38. The van der Waals surface area contributed by atoms with E-state index in [1.807, 2.05) is 36.4 Å². The highest BCUT2D eigenvalue weighted by Gasteiger charge is 2.29. The summed E-state index contributed by atoms with van der Waals surface area (Å²) in [6.07, 6.45) is 9.79. The summed E-state index contributed by atoms with van der Waals surface area (Å²) < 4.78 is 7.47. The Morgan fingerprint density at radius 1 is 1.20 bits per heavy atom. The number of allylic oxidation sites excluding steroid dienone is 3. The van der Waals surface area contributed by atoms with Gasteiger partial charge in [-0.1, -0.05) is 41.9 Å². The third-order valence-electron chi connectivity index (χ3n) is 6.46. The number of aryl methyl sites for hydroxylation is 1. The van der Waals surface area contributed by atoms with E-state index in [0.29, 0.717) is 52.8 Å². The molecule has 0 unspecified atom stereocenters. The number of carbonyl (C=O) groups excluding carboxylic acids is 2. The molecule has 2 fully saturated rings. The lowest BCUT2D eigenvalue weighted by atomic mass is 10.1. The molecule has 35 heavy (non-hydrogen) atoms. The molecule has 1 amide bonds. The summed E-state index contributed by atoms with van der Waals surface area (Å²) in [5.74, 6) is 2.16. The maximum absolute atomic E-state index is 13.1. The molecule has 2 aromatic rings. The average Bonchev–Trinajstić information content (AvgIpc) is 3.78. The van der Waals surface area contributed by atoms with Crippen molar-refractivity contribution >= 4 is 23.4 Å². The van der Waals surface area contributed by atoms with Gasteiger partial charge in [0, 0.05) is 23.1 Å². The Bertz CT molecular complexity index is 1220. The lowest BCUT2D eigenvalue weighted by Gasteiger charge is -2.21. The molecule has 2 saturated carbocycles. The molecule has 1 aromatic carbocycles. The molecule has 0 saturated heterocycles. The largest absolute Gasteiger partial charge is 0.487 e. The molecule has 3 aliphatic rings. The van der Waals surface area contributed by atoms with Crippen LogP contribution in [0.25, 0.3) is 11.4 Å². The number of ether oxygens (including phenoxy) is 1. The van der Waals surface area contributed by atoms with Gasteiger partial charge in [-0.2, -0.15) is 4.68 Å². The number of benzene rings is 1. The Hall–Kier alpha value is -3.19. The Morgan fingerprint density at radius 3 is 2.69 bits per heavy atom. The van der Waals surface area contributed by atoms with Crippen molar-refractivity contribution in [3.63, 3.8) is 0 Å². The summed E-state index contributed by atoms with van der Waals surface area (Å²) in [5.41, 5.74) is 2.34. The van der Waals surface area contributed by atoms with Crippen molar-refractivity contribution < 1.29 is 14.3 Å². The Morgan fingerprint density at radius 2 is 1.97 bits per heavy atom. The average molecular weight is 493 g/mol. The molecule has 8 heteroatoms. The molecule has 182 valence electrons. The number of amides is 1. The van der Waals surface area contributed by atoms with E-state index in [-0.39, 0.29) is 18.4 Å². The Kier molecular flexibility index (Phi) is 6.86. The molecule has 1 aromatic heterocycles. The van der Waals surface area contributed by atoms with Crippen molar-refractivity contribution in [1.29, 1.82) is 0 Å². The first-order chi connectivity index (χ1) is 17.0. The second-order valence-electron chi connectivity index (χ2n) is 9.46. The van der Waals surface area contributed by atoms with E-state index < -0.39 is 0 Å². The van der Waals surface area contributed by atoms with Crippen LogP contribution in [0.3, 0.4) is 0 Å². The van der Waals surface area contributed by atoms with Gasteiger partial charge in [0.05, 0.1) is 5.70 Å². The normalized spacial score (nSPS) is 18.3. The molecule has 0 bridgehead atoms. The third-order valence-corrected chi connectivity index (χ3v) is 6.84. The molecule has 1 heterocycles. The lowest BCUT2D eigenvalue weighted by Crippen LogP contribution is -2.27. The van der Waals surface area contributed by atoms with Gasteiger partial charge in [-0.25, -0.2) is 4.98 Å². The van der Waals surface area contributed by atoms with E-state index in [1.165, 1.54) is 4.68 Å². The van der Waals surface area contributed by atoms with Gasteiger partial charge < -0.3 is 10.1 Å². The minimum Gasteiger partial charge on any atom is -0.487 e. The first-order valence-corrected chi connectivity index (χ1v) is 12.6. The van der Waals surface area contributed by atoms with Crippen LogP contribution in [-0.2, 0) is 9.53 Å². The zero-order valence-electron chi connectivity index (χ0n) is 19.8. The van der Waals surface area contributed by atoms with Gasteiger partial charge >= 0.3 is 0 Å². The number of nitrogens with zero attached hydrogens (tertiary/aromatic N) is 3. The zero-order valence-corrected chi connectivity index (χ0v) is 20.6. The number of halogens is 1. The van der Waals surface area contributed by atoms with Crippen molar-refractivity contribution in [1.82, 2.24) is 20.1 Å². The molecule has 0 spiro atoms. The fraction of sp³-hybridized carbons (Fsp3) is 0.407. The van der Waals surface area contributed by atoms with Gasteiger partial charge in [-0.05, 0) is 68.9 Å². The second-order valence-corrected chi connectivity index (χ2v) is 9.92. The van der Waals surface area contributed by atoms with Crippen LogP contribution in [-0.4, -0.2) is 33.2 Å². The van der Waals surface area contributed by atoms with Crippen molar-refractivity contribution in [3.8, 4) is 11.4 Å². The molecule has 7 nitrogen and oxygen atoms in total. The van der Waals surface area contributed by atoms with Gasteiger partial charge in [0.1, 0.15) is 18.2 Å². The monoisotopic (exact) mass is 492 g/mol. The van der Waals surface area contributed by atoms with E-state index in [9.17, 15) is 9.59 Å². The predicted molar refractivity (Wildman–Crippen MR) is 133 cm³/mol. The van der Waals surface area contributed by atoms with Crippen molar-refractivity contribution in [2.75, 3.05) is 6.61 Å². The molecule has 0 aliphatic heterocycles. The van der Waals surface area contributed by atoms with E-state index >= 15 is 0 Å². The zero-order chi connectivity index (χ0) is 24.4. The fourth-order valence-electron chi connectivity index (χ4n) is 4.15. The molecular weight excluding hydrogens is 464 g/mol. The van der Waals surface area contributed by atoms with Gasteiger partial charge in [-0.3, -0.25) is 9.59 Å². The first-order valence-electron chi connectivity index (χ1n) is 12.2. The van der Waals surface area contributed by atoms with Gasteiger partial charge in [-0.15, -0.1) is 5.10 Å². The Labute approximate surface area is 209 Å². The van der Waals surface area contributed by atoms with Crippen molar-refractivity contribution in [2.24, 2.45) is 11.8 Å². The predicted octanol–water partition coefficient (Wildman–Crippen LogP) is 5.29. The van der Waals surface area contributed by atoms with Crippen LogP contribution in [0.2, 0.25) is 0 Å². The first kappa shape index (κ1) is 23.5. The van der Waals surface area contributed by atoms with Crippen LogP contribution >= 0.6 is 11.6 Å². The van der Waals surface area contributed by atoms with E-state index in [0.717, 1.165) is 43.2 Å². The highest BCUT2D eigenvalue weighted by atomic mass is 35.5. The molecular formula is C27H29ClN4O3. The summed E-state index contributed by atoms with van der Waals surface area (Å²) in [6.45, 7) is 2.03. The maximum Gasteiger partial charge on any atom is 0.272 e. The highest BCUT2D eigenvalue weighted by molar-refractivity contribution is 6.30. The quantitative estimate of drug-likeness (QED) is 0.480. The SMILES string of the molecule is Cc1nc(-c2ccccc2)nn1C(=O)C=C(COC1=CCCC(Cl)=C1NC(=O)CC1CC1)C1CC1. The molecule has 3 aliphatic carbocycles. The topological polar surface area (TPSA) is 86.1 Å². The van der Waals surface area contributed by atoms with Crippen molar-refractivity contribution in [3.05, 3.63) is 70.4 Å². The smallest absolute Gasteiger partial charge is 0.272 e. The molecule has 0 atom stereocenters. The van der Waals surface area contributed by atoms with E-state index in [1.54, 1.807) is 13.0 Å².